The lowest BCUT2D eigenvalue weighted by atomic mass is 10.2. The fraction of sp³-hybridized carbons (Fsp3) is 0.267. The highest BCUT2D eigenvalue weighted by molar-refractivity contribution is 7.15. The van der Waals surface area contributed by atoms with Crippen molar-refractivity contribution in [2.45, 2.75) is 20.4 Å². The number of benzene rings is 1. The number of thiazole rings is 1. The molecule has 6 heteroatoms. The van der Waals surface area contributed by atoms with Gasteiger partial charge in [0.25, 0.3) is 0 Å². The number of aromatic nitrogens is 2. The van der Waals surface area contributed by atoms with Crippen molar-refractivity contribution in [2.24, 2.45) is 0 Å². The van der Waals surface area contributed by atoms with E-state index in [1.54, 1.807) is 23.5 Å². The summed E-state index contributed by atoms with van der Waals surface area (Å²) >= 11 is 1.63. The Morgan fingerprint density at radius 2 is 2.19 bits per heavy atom. The topological polar surface area (TPSA) is 38.6 Å². The Kier molecular flexibility index (Phi) is 3.55. The van der Waals surface area contributed by atoms with Crippen molar-refractivity contribution in [3.63, 3.8) is 0 Å². The Bertz CT molecular complexity index is 794. The number of hydrogen-bond acceptors (Lipinski definition) is 4. The molecule has 0 bridgehead atoms. The van der Waals surface area contributed by atoms with Crippen LogP contribution in [0.1, 0.15) is 17.1 Å². The van der Waals surface area contributed by atoms with Crippen molar-refractivity contribution in [1.29, 1.82) is 0 Å². The van der Waals surface area contributed by atoms with Gasteiger partial charge in [-0.2, -0.15) is 0 Å². The van der Waals surface area contributed by atoms with Gasteiger partial charge < -0.3 is 10.1 Å². The number of nitrogens with zero attached hydrogens (tertiary/aromatic N) is 2. The van der Waals surface area contributed by atoms with E-state index in [9.17, 15) is 4.39 Å². The summed E-state index contributed by atoms with van der Waals surface area (Å²) in [5, 5.41) is 5.32. The predicted molar refractivity (Wildman–Crippen MR) is 82.8 cm³/mol. The average Bonchev–Trinajstić information content (AvgIpc) is 2.96. The lowest BCUT2D eigenvalue weighted by Gasteiger charge is -2.09. The summed E-state index contributed by atoms with van der Waals surface area (Å²) in [6.45, 7) is 4.64. The maximum absolute atomic E-state index is 13.7. The summed E-state index contributed by atoms with van der Waals surface area (Å²) in [6.07, 6.45) is 0. The number of fused-ring (bicyclic) bond motifs is 1. The molecule has 3 rings (SSSR count). The number of aryl methyl sites for hydroxylation is 2. The zero-order valence-corrected chi connectivity index (χ0v) is 12.9. The Morgan fingerprint density at radius 3 is 2.90 bits per heavy atom. The molecule has 1 aromatic carbocycles. The third-order valence-corrected chi connectivity index (χ3v) is 4.39. The van der Waals surface area contributed by atoms with Crippen LogP contribution < -0.4 is 10.1 Å². The van der Waals surface area contributed by atoms with Crippen molar-refractivity contribution >= 4 is 22.0 Å². The summed E-state index contributed by atoms with van der Waals surface area (Å²) in [7, 11) is 1.46. The van der Waals surface area contributed by atoms with Gasteiger partial charge in [-0.15, -0.1) is 11.3 Å². The molecule has 0 aliphatic heterocycles. The zero-order chi connectivity index (χ0) is 15.0. The Hall–Kier alpha value is -2.08. The molecule has 0 saturated carbocycles. The monoisotopic (exact) mass is 305 g/mol. The maximum Gasteiger partial charge on any atom is 0.194 e. The molecule has 0 unspecified atom stereocenters. The lowest BCUT2D eigenvalue weighted by molar-refractivity contribution is 0.386. The fourth-order valence-electron chi connectivity index (χ4n) is 2.34. The second-order valence-corrected chi connectivity index (χ2v) is 5.68. The van der Waals surface area contributed by atoms with Crippen molar-refractivity contribution in [3.8, 4) is 5.75 Å². The first-order chi connectivity index (χ1) is 10.1. The highest BCUT2D eigenvalue weighted by Crippen LogP contribution is 2.23. The Morgan fingerprint density at radius 1 is 1.38 bits per heavy atom. The van der Waals surface area contributed by atoms with Gasteiger partial charge in [0.1, 0.15) is 0 Å². The van der Waals surface area contributed by atoms with Crippen LogP contribution in [0.4, 0.5) is 10.1 Å². The van der Waals surface area contributed by atoms with Gasteiger partial charge in [0.15, 0.2) is 16.5 Å². The SMILES string of the molecule is COc1ccc(NCc2c(C)nc3scc(C)n23)cc1F. The molecule has 2 aromatic heterocycles. The van der Waals surface area contributed by atoms with Gasteiger partial charge in [0.05, 0.1) is 25.0 Å². The molecule has 1 N–H and O–H groups in total. The summed E-state index contributed by atoms with van der Waals surface area (Å²) in [5.74, 6) is -0.124. The first kappa shape index (κ1) is 13.9. The predicted octanol–water partition coefficient (Wildman–Crippen LogP) is 3.77. The molecule has 0 saturated heterocycles. The van der Waals surface area contributed by atoms with Gasteiger partial charge in [-0.25, -0.2) is 9.37 Å². The number of rotatable bonds is 4. The van der Waals surface area contributed by atoms with E-state index >= 15 is 0 Å². The van der Waals surface area contributed by atoms with Gasteiger partial charge in [0, 0.05) is 22.8 Å². The van der Waals surface area contributed by atoms with Crippen LogP contribution in [0, 0.1) is 19.7 Å². The highest BCUT2D eigenvalue weighted by Gasteiger charge is 2.12. The van der Waals surface area contributed by atoms with E-state index in [-0.39, 0.29) is 11.6 Å². The molecule has 0 atom stereocenters. The first-order valence-corrected chi connectivity index (χ1v) is 7.47. The normalized spacial score (nSPS) is 11.0. The smallest absolute Gasteiger partial charge is 0.194 e. The number of imidazole rings is 1. The molecule has 0 fully saturated rings. The molecule has 21 heavy (non-hydrogen) atoms. The van der Waals surface area contributed by atoms with Crippen LogP contribution in [-0.2, 0) is 6.54 Å². The minimum Gasteiger partial charge on any atom is -0.494 e. The van der Waals surface area contributed by atoms with E-state index in [2.05, 4.69) is 27.0 Å². The van der Waals surface area contributed by atoms with Crippen LogP contribution in [0.25, 0.3) is 4.96 Å². The third kappa shape index (κ3) is 2.47. The molecule has 3 aromatic rings. The lowest BCUT2D eigenvalue weighted by Crippen LogP contribution is -2.05. The molecule has 0 radical (unpaired) electrons. The van der Waals surface area contributed by atoms with E-state index in [1.807, 2.05) is 6.92 Å². The van der Waals surface area contributed by atoms with Crippen LogP contribution in [0.2, 0.25) is 0 Å². The number of methoxy groups -OCH3 is 1. The van der Waals surface area contributed by atoms with Crippen LogP contribution in [0.5, 0.6) is 5.75 Å². The second-order valence-electron chi connectivity index (χ2n) is 4.84. The van der Waals surface area contributed by atoms with E-state index in [0.29, 0.717) is 6.54 Å². The molecule has 4 nitrogen and oxygen atoms in total. The van der Waals surface area contributed by atoms with Gasteiger partial charge >= 0.3 is 0 Å². The summed E-state index contributed by atoms with van der Waals surface area (Å²) in [5.41, 5.74) is 3.97. The zero-order valence-electron chi connectivity index (χ0n) is 12.1. The van der Waals surface area contributed by atoms with Crippen LogP contribution >= 0.6 is 11.3 Å². The van der Waals surface area contributed by atoms with E-state index in [0.717, 1.165) is 27.7 Å². The Labute approximate surface area is 126 Å². The molecule has 0 amide bonds. The average molecular weight is 305 g/mol. The van der Waals surface area contributed by atoms with E-state index in [4.69, 9.17) is 4.74 Å². The van der Waals surface area contributed by atoms with Crippen LogP contribution in [0.3, 0.4) is 0 Å². The van der Waals surface area contributed by atoms with Crippen LogP contribution in [0.15, 0.2) is 23.6 Å². The van der Waals surface area contributed by atoms with E-state index in [1.165, 1.54) is 13.2 Å². The molecule has 110 valence electrons. The highest BCUT2D eigenvalue weighted by atomic mass is 32.1. The second kappa shape index (κ2) is 5.37. The summed E-state index contributed by atoms with van der Waals surface area (Å²) in [6, 6.07) is 4.86. The summed E-state index contributed by atoms with van der Waals surface area (Å²) < 4.78 is 20.7. The van der Waals surface area contributed by atoms with Crippen molar-refractivity contribution in [2.75, 3.05) is 12.4 Å². The molecule has 0 aliphatic carbocycles. The van der Waals surface area contributed by atoms with Gasteiger partial charge in [-0.1, -0.05) is 0 Å². The van der Waals surface area contributed by atoms with Gasteiger partial charge in [-0.3, -0.25) is 4.40 Å². The van der Waals surface area contributed by atoms with Crippen molar-refractivity contribution in [3.05, 3.63) is 46.5 Å². The number of ether oxygens (including phenoxy) is 1. The molecule has 0 spiro atoms. The third-order valence-electron chi connectivity index (χ3n) is 3.44. The van der Waals surface area contributed by atoms with Crippen molar-refractivity contribution < 1.29 is 9.13 Å². The Balaban J connectivity index is 1.85. The maximum atomic E-state index is 13.7. The first-order valence-electron chi connectivity index (χ1n) is 6.59. The fourth-order valence-corrected chi connectivity index (χ4v) is 3.27. The molecular weight excluding hydrogens is 289 g/mol. The van der Waals surface area contributed by atoms with Crippen molar-refractivity contribution in [1.82, 2.24) is 9.38 Å². The number of anilines is 1. The molecular formula is C15H16FN3OS. The largest absolute Gasteiger partial charge is 0.494 e. The standard InChI is InChI=1S/C15H16FN3OS/c1-9-8-21-15-18-10(2)13(19(9)15)7-17-11-4-5-14(20-3)12(16)6-11/h4-6,8,17H,7H2,1-3H3. The summed E-state index contributed by atoms with van der Waals surface area (Å²) in [4.78, 5) is 5.53. The number of hydrogen-bond donors (Lipinski definition) is 1. The van der Waals surface area contributed by atoms with Crippen LogP contribution in [-0.4, -0.2) is 16.5 Å². The quantitative estimate of drug-likeness (QED) is 0.797. The minimum absolute atomic E-state index is 0.247. The minimum atomic E-state index is -0.371. The molecule has 0 aliphatic rings. The number of halogens is 1. The van der Waals surface area contributed by atoms with Gasteiger partial charge in [-0.05, 0) is 26.0 Å². The molecule has 2 heterocycles. The van der Waals surface area contributed by atoms with Gasteiger partial charge in [0.2, 0.25) is 0 Å². The van der Waals surface area contributed by atoms with E-state index < -0.39 is 0 Å². The number of nitrogens with one attached hydrogen (secondary N) is 1.